The standard InChI is InChI=1S/C13H22O2S/c1-13(2,3)12(14)15-9-7-10-5-4-6-11(8-9)16-10/h9-11H,4-8H2,1-3H3. The summed E-state index contributed by atoms with van der Waals surface area (Å²) in [5.41, 5.74) is -0.361. The molecule has 0 aliphatic carbocycles. The minimum Gasteiger partial charge on any atom is -0.462 e. The van der Waals surface area contributed by atoms with Gasteiger partial charge in [0.1, 0.15) is 6.10 Å². The number of thioether (sulfide) groups is 1. The predicted molar refractivity (Wildman–Crippen MR) is 67.6 cm³/mol. The SMILES string of the molecule is CC(C)(C)C(=O)OC1CC2CCCC(C1)S2. The lowest BCUT2D eigenvalue weighted by Crippen LogP contribution is -2.37. The Labute approximate surface area is 103 Å². The van der Waals surface area contributed by atoms with Gasteiger partial charge in [-0.1, -0.05) is 6.42 Å². The van der Waals surface area contributed by atoms with Gasteiger partial charge in [0.2, 0.25) is 0 Å². The predicted octanol–water partition coefficient (Wildman–Crippen LogP) is 3.39. The van der Waals surface area contributed by atoms with Gasteiger partial charge >= 0.3 is 5.97 Å². The molecule has 2 fully saturated rings. The maximum absolute atomic E-state index is 11.8. The Kier molecular flexibility index (Phi) is 3.53. The van der Waals surface area contributed by atoms with Crippen LogP contribution >= 0.6 is 11.8 Å². The van der Waals surface area contributed by atoms with E-state index in [-0.39, 0.29) is 17.5 Å². The van der Waals surface area contributed by atoms with Crippen molar-refractivity contribution in [2.45, 2.75) is 69.5 Å². The van der Waals surface area contributed by atoms with Crippen LogP contribution < -0.4 is 0 Å². The first-order valence-corrected chi connectivity index (χ1v) is 7.26. The van der Waals surface area contributed by atoms with Crippen molar-refractivity contribution >= 4 is 17.7 Å². The number of fused-ring (bicyclic) bond motifs is 2. The molecule has 0 N–H and O–H groups in total. The summed E-state index contributed by atoms with van der Waals surface area (Å²) in [6, 6.07) is 0. The topological polar surface area (TPSA) is 26.3 Å². The molecule has 2 atom stereocenters. The third kappa shape index (κ3) is 2.93. The van der Waals surface area contributed by atoms with Crippen LogP contribution in [0.4, 0.5) is 0 Å². The molecule has 16 heavy (non-hydrogen) atoms. The zero-order valence-electron chi connectivity index (χ0n) is 10.5. The van der Waals surface area contributed by atoms with Crippen LogP contribution in [0.2, 0.25) is 0 Å². The van der Waals surface area contributed by atoms with Crippen LogP contribution in [0.25, 0.3) is 0 Å². The molecule has 0 aromatic carbocycles. The number of rotatable bonds is 1. The first-order chi connectivity index (χ1) is 7.45. The van der Waals surface area contributed by atoms with Gasteiger partial charge in [-0.05, 0) is 46.5 Å². The molecule has 2 unspecified atom stereocenters. The van der Waals surface area contributed by atoms with Crippen LogP contribution in [0.5, 0.6) is 0 Å². The Morgan fingerprint density at radius 1 is 1.19 bits per heavy atom. The highest BCUT2D eigenvalue weighted by atomic mass is 32.2. The molecule has 0 aromatic rings. The van der Waals surface area contributed by atoms with Gasteiger partial charge in [-0.2, -0.15) is 11.8 Å². The highest BCUT2D eigenvalue weighted by Gasteiger charge is 2.35. The normalized spacial score (nSPS) is 34.6. The molecule has 92 valence electrons. The van der Waals surface area contributed by atoms with Gasteiger partial charge in [-0.3, -0.25) is 4.79 Å². The number of ether oxygens (including phenoxy) is 1. The van der Waals surface area contributed by atoms with Crippen molar-refractivity contribution in [3.8, 4) is 0 Å². The van der Waals surface area contributed by atoms with Crippen LogP contribution in [-0.2, 0) is 9.53 Å². The van der Waals surface area contributed by atoms with E-state index in [1.54, 1.807) is 0 Å². The lowest BCUT2D eigenvalue weighted by molar-refractivity contribution is -0.159. The van der Waals surface area contributed by atoms with Crippen LogP contribution in [0.15, 0.2) is 0 Å². The maximum Gasteiger partial charge on any atom is 0.311 e. The Morgan fingerprint density at radius 2 is 1.75 bits per heavy atom. The molecule has 3 heteroatoms. The molecule has 2 rings (SSSR count). The summed E-state index contributed by atoms with van der Waals surface area (Å²) in [4.78, 5) is 11.8. The van der Waals surface area contributed by atoms with Crippen LogP contribution in [0.3, 0.4) is 0 Å². The van der Waals surface area contributed by atoms with Crippen LogP contribution in [0.1, 0.15) is 52.9 Å². The number of hydrogen-bond donors (Lipinski definition) is 0. The fourth-order valence-electron chi connectivity index (χ4n) is 2.44. The summed E-state index contributed by atoms with van der Waals surface area (Å²) in [6.45, 7) is 5.77. The summed E-state index contributed by atoms with van der Waals surface area (Å²) in [5, 5.41) is 1.48. The van der Waals surface area contributed by atoms with Crippen molar-refractivity contribution in [3.05, 3.63) is 0 Å². The second kappa shape index (κ2) is 4.59. The van der Waals surface area contributed by atoms with E-state index in [0.29, 0.717) is 0 Å². The lowest BCUT2D eigenvalue weighted by atomic mass is 9.94. The number of hydrogen-bond acceptors (Lipinski definition) is 3. The number of esters is 1. The summed E-state index contributed by atoms with van der Waals surface area (Å²) < 4.78 is 5.64. The second-order valence-corrected chi connectivity index (χ2v) is 7.67. The molecule has 2 bridgehead atoms. The van der Waals surface area contributed by atoms with E-state index in [0.717, 1.165) is 23.3 Å². The summed E-state index contributed by atoms with van der Waals surface area (Å²) in [6.07, 6.45) is 6.31. The van der Waals surface area contributed by atoms with Crippen molar-refractivity contribution in [2.24, 2.45) is 5.41 Å². The molecule has 2 nitrogen and oxygen atoms in total. The van der Waals surface area contributed by atoms with Gasteiger partial charge < -0.3 is 4.74 Å². The zero-order chi connectivity index (χ0) is 11.8. The fourth-order valence-corrected chi connectivity index (χ4v) is 4.24. The van der Waals surface area contributed by atoms with E-state index in [2.05, 4.69) is 11.8 Å². The molecule has 0 radical (unpaired) electrons. The summed E-state index contributed by atoms with van der Waals surface area (Å²) in [7, 11) is 0. The first kappa shape index (κ1) is 12.3. The molecule has 0 aromatic heterocycles. The minimum absolute atomic E-state index is 0.0394. The van der Waals surface area contributed by atoms with Crippen LogP contribution in [0, 0.1) is 5.41 Å². The van der Waals surface area contributed by atoms with E-state index < -0.39 is 0 Å². The average molecular weight is 242 g/mol. The molecule has 2 aliphatic rings. The molecule has 2 saturated heterocycles. The zero-order valence-corrected chi connectivity index (χ0v) is 11.3. The Balaban J connectivity index is 1.89. The summed E-state index contributed by atoms with van der Waals surface area (Å²) in [5.74, 6) is -0.0394. The van der Waals surface area contributed by atoms with E-state index in [9.17, 15) is 4.79 Å². The van der Waals surface area contributed by atoms with Crippen molar-refractivity contribution < 1.29 is 9.53 Å². The fraction of sp³-hybridized carbons (Fsp3) is 0.923. The van der Waals surface area contributed by atoms with Crippen molar-refractivity contribution in [3.63, 3.8) is 0 Å². The molecular formula is C13H22O2S. The van der Waals surface area contributed by atoms with Crippen LogP contribution in [-0.4, -0.2) is 22.6 Å². The highest BCUT2D eigenvalue weighted by molar-refractivity contribution is 8.00. The third-order valence-electron chi connectivity index (χ3n) is 3.37. The second-order valence-electron chi connectivity index (χ2n) is 6.06. The molecule has 0 spiro atoms. The van der Waals surface area contributed by atoms with Gasteiger partial charge in [0, 0.05) is 10.5 Å². The summed E-state index contributed by atoms with van der Waals surface area (Å²) >= 11 is 2.12. The van der Waals surface area contributed by atoms with Crippen molar-refractivity contribution in [1.29, 1.82) is 0 Å². The van der Waals surface area contributed by atoms with Gasteiger partial charge in [0.25, 0.3) is 0 Å². The highest BCUT2D eigenvalue weighted by Crippen LogP contribution is 2.42. The Bertz CT molecular complexity index is 258. The quantitative estimate of drug-likeness (QED) is 0.659. The third-order valence-corrected chi connectivity index (χ3v) is 5.00. The van der Waals surface area contributed by atoms with Gasteiger partial charge in [0.15, 0.2) is 0 Å². The molecule has 0 amide bonds. The number of carbonyl (C=O) groups excluding carboxylic acids is 1. The van der Waals surface area contributed by atoms with E-state index in [4.69, 9.17) is 4.74 Å². The first-order valence-electron chi connectivity index (χ1n) is 6.31. The molecular weight excluding hydrogens is 220 g/mol. The van der Waals surface area contributed by atoms with E-state index in [1.807, 2.05) is 20.8 Å². The number of carbonyl (C=O) groups is 1. The Hall–Kier alpha value is -0.180. The van der Waals surface area contributed by atoms with Gasteiger partial charge in [0.05, 0.1) is 5.41 Å². The molecule has 0 saturated carbocycles. The Morgan fingerprint density at radius 3 is 2.25 bits per heavy atom. The maximum atomic E-state index is 11.8. The van der Waals surface area contributed by atoms with E-state index in [1.165, 1.54) is 19.3 Å². The average Bonchev–Trinajstić information content (AvgIpc) is 2.15. The lowest BCUT2D eigenvalue weighted by Gasteiger charge is -2.38. The van der Waals surface area contributed by atoms with E-state index >= 15 is 0 Å². The van der Waals surface area contributed by atoms with Crippen molar-refractivity contribution in [2.75, 3.05) is 0 Å². The minimum atomic E-state index is -0.361. The smallest absolute Gasteiger partial charge is 0.311 e. The molecule has 2 heterocycles. The van der Waals surface area contributed by atoms with Crippen molar-refractivity contribution in [1.82, 2.24) is 0 Å². The largest absolute Gasteiger partial charge is 0.462 e. The monoisotopic (exact) mass is 242 g/mol. The molecule has 2 aliphatic heterocycles. The van der Waals surface area contributed by atoms with Gasteiger partial charge in [-0.25, -0.2) is 0 Å². The van der Waals surface area contributed by atoms with Gasteiger partial charge in [-0.15, -0.1) is 0 Å².